The van der Waals surface area contributed by atoms with Gasteiger partial charge < -0.3 is 9.84 Å². The first-order chi connectivity index (χ1) is 7.81. The maximum atomic E-state index is 13.4. The first kappa shape index (κ1) is 10.6. The molecule has 0 amide bonds. The van der Waals surface area contributed by atoms with Gasteiger partial charge in [0.2, 0.25) is 5.82 Å². The molecule has 0 spiro atoms. The highest BCUT2D eigenvalue weighted by Gasteiger charge is 2.11. The molecule has 0 radical (unpaired) electrons. The largest absolute Gasteiger partial charge is 0.338 e. The summed E-state index contributed by atoms with van der Waals surface area (Å²) in [6.07, 6.45) is 0.956. The molecule has 0 aliphatic heterocycles. The average Bonchev–Trinajstić information content (AvgIpc) is 2.75. The Hall–Kier alpha value is -1.91. The number of halogens is 1. The van der Waals surface area contributed by atoms with Crippen molar-refractivity contribution in [3.8, 4) is 11.4 Å². The summed E-state index contributed by atoms with van der Waals surface area (Å²) in [5.74, 6) is -0.0953. The van der Waals surface area contributed by atoms with Crippen molar-refractivity contribution in [2.45, 2.75) is 13.3 Å². The molecule has 0 aliphatic carbocycles. The van der Waals surface area contributed by atoms with Gasteiger partial charge in [-0.15, -0.1) is 0 Å². The Morgan fingerprint density at radius 2 is 2.19 bits per heavy atom. The van der Waals surface area contributed by atoms with E-state index < -0.39 is 0 Å². The second kappa shape index (κ2) is 4.74. The zero-order chi connectivity index (χ0) is 11.4. The molecule has 0 unspecified atom stereocenters. The molecule has 0 aliphatic rings. The van der Waals surface area contributed by atoms with Crippen molar-refractivity contribution >= 4 is 6.01 Å². The fourth-order valence-electron chi connectivity index (χ4n) is 1.28. The molecule has 2 rings (SSSR count). The number of hydrogen-bond acceptors (Lipinski definition) is 4. The molecule has 5 heteroatoms. The van der Waals surface area contributed by atoms with Crippen LogP contribution < -0.4 is 5.32 Å². The molecule has 0 saturated heterocycles. The minimum atomic E-state index is -0.356. The minimum absolute atomic E-state index is 0.261. The van der Waals surface area contributed by atoms with Gasteiger partial charge in [-0.05, 0) is 18.6 Å². The van der Waals surface area contributed by atoms with Crippen LogP contribution in [0.15, 0.2) is 28.8 Å². The summed E-state index contributed by atoms with van der Waals surface area (Å²) in [4.78, 5) is 4.05. The lowest BCUT2D eigenvalue weighted by molar-refractivity contribution is 0.431. The van der Waals surface area contributed by atoms with Crippen molar-refractivity contribution in [3.63, 3.8) is 0 Å². The maximum absolute atomic E-state index is 13.4. The molecule has 4 nitrogen and oxygen atoms in total. The number of rotatable bonds is 4. The average molecular weight is 221 g/mol. The zero-order valence-electron chi connectivity index (χ0n) is 8.90. The molecule has 2 aromatic rings. The first-order valence-electron chi connectivity index (χ1n) is 5.13. The highest BCUT2D eigenvalue weighted by molar-refractivity contribution is 5.56. The van der Waals surface area contributed by atoms with Crippen LogP contribution in [-0.2, 0) is 0 Å². The van der Waals surface area contributed by atoms with E-state index in [1.165, 1.54) is 6.07 Å². The SMILES string of the molecule is CCCNc1nc(-c2ccccc2F)no1. The van der Waals surface area contributed by atoms with E-state index in [0.717, 1.165) is 13.0 Å². The van der Waals surface area contributed by atoms with Gasteiger partial charge in [-0.25, -0.2) is 4.39 Å². The van der Waals surface area contributed by atoms with E-state index in [4.69, 9.17) is 4.52 Å². The molecule has 0 atom stereocenters. The summed E-state index contributed by atoms with van der Waals surface area (Å²) in [6.45, 7) is 2.78. The maximum Gasteiger partial charge on any atom is 0.321 e. The van der Waals surface area contributed by atoms with Gasteiger partial charge in [0.15, 0.2) is 0 Å². The Kier molecular flexibility index (Phi) is 3.14. The summed E-state index contributed by atoms with van der Waals surface area (Å²) in [7, 11) is 0. The van der Waals surface area contributed by atoms with E-state index in [9.17, 15) is 4.39 Å². The monoisotopic (exact) mass is 221 g/mol. The van der Waals surface area contributed by atoms with Crippen molar-refractivity contribution in [1.82, 2.24) is 10.1 Å². The highest BCUT2D eigenvalue weighted by Crippen LogP contribution is 2.20. The predicted molar refractivity (Wildman–Crippen MR) is 58.5 cm³/mol. The highest BCUT2D eigenvalue weighted by atomic mass is 19.1. The molecule has 1 aromatic carbocycles. The van der Waals surface area contributed by atoms with Gasteiger partial charge in [0.05, 0.1) is 5.56 Å². The molecule has 0 saturated carbocycles. The number of nitrogens with zero attached hydrogens (tertiary/aromatic N) is 2. The fraction of sp³-hybridized carbons (Fsp3) is 0.273. The smallest absolute Gasteiger partial charge is 0.321 e. The van der Waals surface area contributed by atoms with E-state index in [2.05, 4.69) is 15.5 Å². The molecular formula is C11H12FN3O. The van der Waals surface area contributed by atoms with Crippen LogP contribution in [0.4, 0.5) is 10.4 Å². The molecule has 84 valence electrons. The summed E-state index contributed by atoms with van der Waals surface area (Å²) >= 11 is 0. The Balaban J connectivity index is 2.22. The fourth-order valence-corrected chi connectivity index (χ4v) is 1.28. The second-order valence-corrected chi connectivity index (χ2v) is 3.33. The minimum Gasteiger partial charge on any atom is -0.338 e. The Bertz CT molecular complexity index is 470. The third-order valence-electron chi connectivity index (χ3n) is 2.07. The van der Waals surface area contributed by atoms with Gasteiger partial charge in [0.25, 0.3) is 0 Å². The summed E-state index contributed by atoms with van der Waals surface area (Å²) in [5.41, 5.74) is 0.343. The van der Waals surface area contributed by atoms with Crippen LogP contribution in [0.5, 0.6) is 0 Å². The number of anilines is 1. The lowest BCUT2D eigenvalue weighted by Crippen LogP contribution is -1.99. The van der Waals surface area contributed by atoms with Crippen LogP contribution >= 0.6 is 0 Å². The molecule has 1 heterocycles. The van der Waals surface area contributed by atoms with Crippen molar-refractivity contribution in [2.24, 2.45) is 0 Å². The van der Waals surface area contributed by atoms with Gasteiger partial charge in [0.1, 0.15) is 5.82 Å². The van der Waals surface area contributed by atoms with Gasteiger partial charge in [-0.1, -0.05) is 24.2 Å². The van der Waals surface area contributed by atoms with E-state index in [-0.39, 0.29) is 11.6 Å². The van der Waals surface area contributed by atoms with Gasteiger partial charge in [-0.3, -0.25) is 0 Å². The van der Waals surface area contributed by atoms with E-state index in [0.29, 0.717) is 11.6 Å². The van der Waals surface area contributed by atoms with E-state index >= 15 is 0 Å². The van der Waals surface area contributed by atoms with Crippen LogP contribution in [0.25, 0.3) is 11.4 Å². The molecular weight excluding hydrogens is 209 g/mol. The number of nitrogens with one attached hydrogen (secondary N) is 1. The van der Waals surface area contributed by atoms with Gasteiger partial charge in [-0.2, -0.15) is 4.98 Å². The van der Waals surface area contributed by atoms with Gasteiger partial charge >= 0.3 is 6.01 Å². The second-order valence-electron chi connectivity index (χ2n) is 3.33. The zero-order valence-corrected chi connectivity index (χ0v) is 8.90. The quantitative estimate of drug-likeness (QED) is 0.862. The third kappa shape index (κ3) is 2.18. The summed E-state index contributed by atoms with van der Waals surface area (Å²) < 4.78 is 18.3. The molecule has 0 fully saturated rings. The molecule has 16 heavy (non-hydrogen) atoms. The van der Waals surface area contributed by atoms with Gasteiger partial charge in [0, 0.05) is 6.54 Å². The number of benzene rings is 1. The van der Waals surface area contributed by atoms with Crippen molar-refractivity contribution < 1.29 is 8.91 Å². The standard InChI is InChI=1S/C11H12FN3O/c1-2-7-13-11-14-10(15-16-11)8-5-3-4-6-9(8)12/h3-6H,2,7H2,1H3,(H,13,14,15). The lowest BCUT2D eigenvalue weighted by atomic mass is 10.2. The Labute approximate surface area is 92.5 Å². The van der Waals surface area contributed by atoms with E-state index in [1.54, 1.807) is 18.2 Å². The van der Waals surface area contributed by atoms with Crippen LogP contribution in [-0.4, -0.2) is 16.7 Å². The third-order valence-corrected chi connectivity index (χ3v) is 2.07. The van der Waals surface area contributed by atoms with Crippen molar-refractivity contribution in [2.75, 3.05) is 11.9 Å². The lowest BCUT2D eigenvalue weighted by Gasteiger charge is -1.95. The van der Waals surface area contributed by atoms with Crippen LogP contribution in [0.3, 0.4) is 0 Å². The topological polar surface area (TPSA) is 51.0 Å². The number of hydrogen-bond donors (Lipinski definition) is 1. The van der Waals surface area contributed by atoms with Crippen LogP contribution in [0.2, 0.25) is 0 Å². The predicted octanol–water partition coefficient (Wildman–Crippen LogP) is 2.70. The van der Waals surface area contributed by atoms with E-state index in [1.807, 2.05) is 6.92 Å². The molecule has 1 aromatic heterocycles. The van der Waals surface area contributed by atoms with Crippen LogP contribution in [0.1, 0.15) is 13.3 Å². The molecule has 0 bridgehead atoms. The Morgan fingerprint density at radius 1 is 1.38 bits per heavy atom. The summed E-state index contributed by atoms with van der Waals surface area (Å²) in [5, 5.41) is 6.65. The normalized spacial score (nSPS) is 10.4. The molecule has 1 N–H and O–H groups in total. The first-order valence-corrected chi connectivity index (χ1v) is 5.13. The van der Waals surface area contributed by atoms with Crippen molar-refractivity contribution in [3.05, 3.63) is 30.1 Å². The Morgan fingerprint density at radius 3 is 2.94 bits per heavy atom. The van der Waals surface area contributed by atoms with Crippen LogP contribution in [0, 0.1) is 5.82 Å². The number of aromatic nitrogens is 2. The van der Waals surface area contributed by atoms with Crippen molar-refractivity contribution in [1.29, 1.82) is 0 Å². The summed E-state index contributed by atoms with van der Waals surface area (Å²) in [6, 6.07) is 6.65.